The Morgan fingerprint density at radius 1 is 1.10 bits per heavy atom. The third kappa shape index (κ3) is 3.95. The molecule has 0 aliphatic heterocycles. The molecule has 0 saturated carbocycles. The minimum absolute atomic E-state index is 0.129. The lowest BCUT2D eigenvalue weighted by atomic mass is 10.1. The summed E-state index contributed by atoms with van der Waals surface area (Å²) >= 11 is 0. The van der Waals surface area contributed by atoms with Crippen LogP contribution in [0, 0.1) is 0 Å². The van der Waals surface area contributed by atoms with Crippen molar-refractivity contribution >= 4 is 20.8 Å². The van der Waals surface area contributed by atoms with Gasteiger partial charge < -0.3 is 4.74 Å². The van der Waals surface area contributed by atoms with Gasteiger partial charge in [-0.05, 0) is 55.3 Å². The zero-order valence-electron chi connectivity index (χ0n) is 12.6. The van der Waals surface area contributed by atoms with Crippen LogP contribution < -0.4 is 9.46 Å². The molecule has 21 heavy (non-hydrogen) atoms. The fourth-order valence-electron chi connectivity index (χ4n) is 2.06. The summed E-state index contributed by atoms with van der Waals surface area (Å²) in [6, 6.07) is 10.7. The van der Waals surface area contributed by atoms with E-state index in [1.807, 2.05) is 24.3 Å². The molecule has 0 fully saturated rings. The van der Waals surface area contributed by atoms with Crippen molar-refractivity contribution in [3.8, 4) is 5.75 Å². The van der Waals surface area contributed by atoms with Crippen molar-refractivity contribution in [3.63, 3.8) is 0 Å². The van der Waals surface area contributed by atoms with Crippen LogP contribution in [0.3, 0.4) is 0 Å². The molecule has 0 aliphatic carbocycles. The number of benzene rings is 2. The van der Waals surface area contributed by atoms with Crippen LogP contribution in [-0.4, -0.2) is 21.1 Å². The van der Waals surface area contributed by atoms with E-state index in [4.69, 9.17) is 4.74 Å². The number of rotatable bonds is 6. The van der Waals surface area contributed by atoms with E-state index in [1.165, 1.54) is 0 Å². The van der Waals surface area contributed by atoms with Crippen molar-refractivity contribution in [2.75, 3.05) is 6.61 Å². The highest BCUT2D eigenvalue weighted by Crippen LogP contribution is 2.24. The fraction of sp³-hybridized carbons (Fsp3) is 0.375. The lowest BCUT2D eigenvalue weighted by Crippen LogP contribution is -2.30. The molecule has 0 unspecified atom stereocenters. The number of hydrogen-bond donors (Lipinski definition) is 1. The first kappa shape index (κ1) is 15.8. The molecule has 1 N–H and O–H groups in total. The first-order valence-corrected chi connectivity index (χ1v) is 8.59. The largest absolute Gasteiger partial charge is 0.494 e. The molecule has 0 saturated heterocycles. The van der Waals surface area contributed by atoms with Gasteiger partial charge in [-0.25, -0.2) is 13.1 Å². The number of ether oxygens (including phenoxy) is 1. The molecule has 114 valence electrons. The Kier molecular flexibility index (Phi) is 4.85. The van der Waals surface area contributed by atoms with E-state index in [0.29, 0.717) is 6.61 Å². The van der Waals surface area contributed by atoms with Crippen molar-refractivity contribution in [3.05, 3.63) is 36.4 Å². The maximum atomic E-state index is 12.2. The third-order valence-corrected chi connectivity index (χ3v) is 4.61. The topological polar surface area (TPSA) is 55.4 Å². The summed E-state index contributed by atoms with van der Waals surface area (Å²) in [6.45, 7) is 6.34. The van der Waals surface area contributed by atoms with Gasteiger partial charge in [0.1, 0.15) is 5.75 Å². The van der Waals surface area contributed by atoms with Gasteiger partial charge in [0.2, 0.25) is 10.0 Å². The predicted octanol–water partition coefficient (Wildman–Crippen LogP) is 3.32. The zero-order chi connectivity index (χ0) is 15.5. The van der Waals surface area contributed by atoms with E-state index < -0.39 is 10.0 Å². The SMILES string of the molecule is CCCOc1ccc2cc(S(=O)(=O)NC(C)C)ccc2c1. The maximum absolute atomic E-state index is 12.2. The summed E-state index contributed by atoms with van der Waals surface area (Å²) in [5, 5.41) is 1.84. The van der Waals surface area contributed by atoms with E-state index in [9.17, 15) is 8.42 Å². The molecular formula is C16H21NO3S. The lowest BCUT2D eigenvalue weighted by molar-refractivity contribution is 0.318. The highest BCUT2D eigenvalue weighted by Gasteiger charge is 2.15. The fourth-order valence-corrected chi connectivity index (χ4v) is 3.34. The molecule has 2 rings (SSSR count). The number of fused-ring (bicyclic) bond motifs is 1. The monoisotopic (exact) mass is 307 g/mol. The molecule has 0 aromatic heterocycles. The van der Waals surface area contributed by atoms with Gasteiger partial charge in [0.05, 0.1) is 11.5 Å². The van der Waals surface area contributed by atoms with Crippen LogP contribution in [0.15, 0.2) is 41.3 Å². The predicted molar refractivity (Wildman–Crippen MR) is 85.2 cm³/mol. The van der Waals surface area contributed by atoms with Crippen LogP contribution in [0.2, 0.25) is 0 Å². The van der Waals surface area contributed by atoms with Gasteiger partial charge in [-0.15, -0.1) is 0 Å². The van der Waals surface area contributed by atoms with Gasteiger partial charge in [-0.3, -0.25) is 0 Å². The van der Waals surface area contributed by atoms with E-state index in [0.717, 1.165) is 22.9 Å². The molecule has 0 bridgehead atoms. The Morgan fingerprint density at radius 2 is 1.76 bits per heavy atom. The first-order chi connectivity index (χ1) is 9.92. The van der Waals surface area contributed by atoms with Gasteiger partial charge in [-0.1, -0.05) is 19.1 Å². The number of nitrogens with one attached hydrogen (secondary N) is 1. The Labute approximate surface area is 126 Å². The first-order valence-electron chi connectivity index (χ1n) is 7.11. The molecule has 0 atom stereocenters. The molecule has 0 aliphatic rings. The summed E-state index contributed by atoms with van der Waals surface area (Å²) < 4.78 is 32.5. The van der Waals surface area contributed by atoms with Gasteiger partial charge in [0.25, 0.3) is 0 Å². The van der Waals surface area contributed by atoms with E-state index in [1.54, 1.807) is 26.0 Å². The van der Waals surface area contributed by atoms with Gasteiger partial charge in [-0.2, -0.15) is 0 Å². The minimum Gasteiger partial charge on any atom is -0.494 e. The summed E-state index contributed by atoms with van der Waals surface area (Å²) in [5.74, 6) is 0.806. The van der Waals surface area contributed by atoms with E-state index in [2.05, 4.69) is 11.6 Å². The highest BCUT2D eigenvalue weighted by molar-refractivity contribution is 7.89. The third-order valence-electron chi connectivity index (χ3n) is 2.96. The van der Waals surface area contributed by atoms with Crippen LogP contribution >= 0.6 is 0 Å². The summed E-state index contributed by atoms with van der Waals surface area (Å²) in [4.78, 5) is 0.283. The second kappa shape index (κ2) is 6.45. The summed E-state index contributed by atoms with van der Waals surface area (Å²) in [7, 11) is -3.46. The molecule has 0 amide bonds. The van der Waals surface area contributed by atoms with E-state index in [-0.39, 0.29) is 10.9 Å². The van der Waals surface area contributed by atoms with Gasteiger partial charge in [0, 0.05) is 6.04 Å². The molecule has 0 radical (unpaired) electrons. The number of hydrogen-bond acceptors (Lipinski definition) is 3. The molecule has 2 aromatic carbocycles. The summed E-state index contributed by atoms with van der Waals surface area (Å²) in [6.07, 6.45) is 0.954. The summed E-state index contributed by atoms with van der Waals surface area (Å²) in [5.41, 5.74) is 0. The van der Waals surface area contributed by atoms with Crippen molar-refractivity contribution in [2.24, 2.45) is 0 Å². The zero-order valence-corrected chi connectivity index (χ0v) is 13.4. The average Bonchev–Trinajstić information content (AvgIpc) is 2.43. The molecule has 0 heterocycles. The molecule has 4 nitrogen and oxygen atoms in total. The smallest absolute Gasteiger partial charge is 0.240 e. The normalized spacial score (nSPS) is 12.0. The average molecular weight is 307 g/mol. The van der Waals surface area contributed by atoms with Crippen LogP contribution in [0.5, 0.6) is 5.75 Å². The van der Waals surface area contributed by atoms with Crippen LogP contribution in [0.1, 0.15) is 27.2 Å². The quantitative estimate of drug-likeness (QED) is 0.890. The van der Waals surface area contributed by atoms with Gasteiger partial charge >= 0.3 is 0 Å². The molecular weight excluding hydrogens is 286 g/mol. The van der Waals surface area contributed by atoms with Gasteiger partial charge in [0.15, 0.2) is 0 Å². The molecule has 0 spiro atoms. The highest BCUT2D eigenvalue weighted by atomic mass is 32.2. The van der Waals surface area contributed by atoms with Crippen molar-refractivity contribution in [2.45, 2.75) is 38.1 Å². The van der Waals surface area contributed by atoms with Crippen LogP contribution in [-0.2, 0) is 10.0 Å². The van der Waals surface area contributed by atoms with Crippen molar-refractivity contribution < 1.29 is 13.2 Å². The molecule has 5 heteroatoms. The Morgan fingerprint density at radius 3 is 2.43 bits per heavy atom. The minimum atomic E-state index is -3.46. The molecule has 2 aromatic rings. The number of sulfonamides is 1. The van der Waals surface area contributed by atoms with Crippen LogP contribution in [0.4, 0.5) is 0 Å². The van der Waals surface area contributed by atoms with Crippen molar-refractivity contribution in [1.82, 2.24) is 4.72 Å². The Balaban J connectivity index is 2.35. The lowest BCUT2D eigenvalue weighted by Gasteiger charge is -2.11. The standard InChI is InChI=1S/C16H21NO3S/c1-4-9-20-15-7-5-14-11-16(8-6-13(14)10-15)21(18,19)17-12(2)3/h5-8,10-12,17H,4,9H2,1-3H3. The van der Waals surface area contributed by atoms with Crippen LogP contribution in [0.25, 0.3) is 10.8 Å². The second-order valence-electron chi connectivity index (χ2n) is 5.30. The Bertz CT molecular complexity index is 723. The maximum Gasteiger partial charge on any atom is 0.240 e. The van der Waals surface area contributed by atoms with Crippen molar-refractivity contribution in [1.29, 1.82) is 0 Å². The second-order valence-corrected chi connectivity index (χ2v) is 7.01. The Hall–Kier alpha value is -1.59. The van der Waals surface area contributed by atoms with E-state index >= 15 is 0 Å².